The molecular formula is C12H15BrN2OS. The van der Waals surface area contributed by atoms with Gasteiger partial charge in [-0.2, -0.15) is 0 Å². The van der Waals surface area contributed by atoms with Gasteiger partial charge in [-0.3, -0.25) is 4.79 Å². The van der Waals surface area contributed by atoms with Crippen molar-refractivity contribution in [3.8, 4) is 0 Å². The number of halogens is 1. The van der Waals surface area contributed by atoms with Crippen molar-refractivity contribution in [2.24, 2.45) is 11.7 Å². The molecule has 0 heterocycles. The number of hydrogen-bond acceptors (Lipinski definition) is 2. The maximum atomic E-state index is 11.9. The van der Waals surface area contributed by atoms with E-state index in [9.17, 15) is 4.79 Å². The molecule has 1 aromatic rings. The standard InChI is InChI=1S/C12H15BrN2OS/c1-3-10(11(14)17)12(16)15-9-5-7(2)4-8(13)6-9/h4-6,10H,3H2,1-2H3,(H2,14,17)(H,15,16). The topological polar surface area (TPSA) is 55.1 Å². The van der Waals surface area contributed by atoms with E-state index in [0.717, 1.165) is 15.7 Å². The fraction of sp³-hybridized carbons (Fsp3) is 0.333. The molecule has 0 saturated carbocycles. The quantitative estimate of drug-likeness (QED) is 0.840. The van der Waals surface area contributed by atoms with Gasteiger partial charge in [0.05, 0.1) is 10.9 Å². The maximum Gasteiger partial charge on any atom is 0.234 e. The second kappa shape index (κ2) is 6.12. The van der Waals surface area contributed by atoms with E-state index in [1.807, 2.05) is 32.0 Å². The molecule has 0 aliphatic heterocycles. The average molecular weight is 315 g/mol. The minimum Gasteiger partial charge on any atom is -0.393 e. The van der Waals surface area contributed by atoms with Gasteiger partial charge < -0.3 is 11.1 Å². The predicted octanol–water partition coefficient (Wildman–Crippen LogP) is 3.01. The summed E-state index contributed by atoms with van der Waals surface area (Å²) in [4.78, 5) is 12.1. The molecule has 5 heteroatoms. The molecule has 0 bridgehead atoms. The first-order valence-electron chi connectivity index (χ1n) is 5.31. The van der Waals surface area contributed by atoms with E-state index in [0.29, 0.717) is 6.42 Å². The highest BCUT2D eigenvalue weighted by Gasteiger charge is 2.19. The molecule has 1 unspecified atom stereocenters. The van der Waals surface area contributed by atoms with Crippen molar-refractivity contribution in [3.63, 3.8) is 0 Å². The van der Waals surface area contributed by atoms with Crippen LogP contribution in [0, 0.1) is 12.8 Å². The number of carbonyl (C=O) groups is 1. The molecule has 1 rings (SSSR count). The van der Waals surface area contributed by atoms with Gasteiger partial charge in [-0.1, -0.05) is 35.1 Å². The summed E-state index contributed by atoms with van der Waals surface area (Å²) in [5.74, 6) is -0.568. The van der Waals surface area contributed by atoms with Crippen LogP contribution in [0.3, 0.4) is 0 Å². The van der Waals surface area contributed by atoms with E-state index in [-0.39, 0.29) is 10.9 Å². The van der Waals surface area contributed by atoms with E-state index >= 15 is 0 Å². The van der Waals surface area contributed by atoms with E-state index in [1.165, 1.54) is 0 Å². The highest BCUT2D eigenvalue weighted by Crippen LogP contribution is 2.20. The second-order valence-corrected chi connectivity index (χ2v) is 5.26. The lowest BCUT2D eigenvalue weighted by molar-refractivity contribution is -0.118. The molecule has 0 aliphatic carbocycles. The van der Waals surface area contributed by atoms with Crippen LogP contribution in [-0.4, -0.2) is 10.9 Å². The van der Waals surface area contributed by atoms with Crippen molar-refractivity contribution in [1.82, 2.24) is 0 Å². The van der Waals surface area contributed by atoms with E-state index < -0.39 is 5.92 Å². The Balaban J connectivity index is 2.83. The fourth-order valence-corrected chi connectivity index (χ4v) is 2.44. The molecule has 92 valence electrons. The highest BCUT2D eigenvalue weighted by molar-refractivity contribution is 9.10. The number of hydrogen-bond donors (Lipinski definition) is 2. The van der Waals surface area contributed by atoms with Crippen LogP contribution in [0.25, 0.3) is 0 Å². The van der Waals surface area contributed by atoms with Crippen molar-refractivity contribution in [2.45, 2.75) is 20.3 Å². The molecular weight excluding hydrogens is 300 g/mol. The monoisotopic (exact) mass is 314 g/mol. The minimum atomic E-state index is -0.413. The van der Waals surface area contributed by atoms with Crippen LogP contribution in [0.5, 0.6) is 0 Å². The van der Waals surface area contributed by atoms with Crippen LogP contribution < -0.4 is 11.1 Å². The molecule has 3 nitrogen and oxygen atoms in total. The molecule has 0 saturated heterocycles. The lowest BCUT2D eigenvalue weighted by Crippen LogP contribution is -2.32. The summed E-state index contributed by atoms with van der Waals surface area (Å²) in [6.45, 7) is 3.85. The summed E-state index contributed by atoms with van der Waals surface area (Å²) in [6.07, 6.45) is 0.605. The van der Waals surface area contributed by atoms with Gasteiger partial charge in [0.15, 0.2) is 0 Å². The third-order valence-corrected chi connectivity index (χ3v) is 3.12. The Hall–Kier alpha value is -0.940. The van der Waals surface area contributed by atoms with Gasteiger partial charge in [-0.25, -0.2) is 0 Å². The summed E-state index contributed by atoms with van der Waals surface area (Å²) in [5.41, 5.74) is 7.34. The summed E-state index contributed by atoms with van der Waals surface area (Å²) in [6, 6.07) is 5.71. The summed E-state index contributed by atoms with van der Waals surface area (Å²) >= 11 is 8.25. The molecule has 1 atom stereocenters. The van der Waals surface area contributed by atoms with E-state index in [4.69, 9.17) is 18.0 Å². The number of benzene rings is 1. The third-order valence-electron chi connectivity index (χ3n) is 2.38. The SMILES string of the molecule is CCC(C(=O)Nc1cc(C)cc(Br)c1)C(N)=S. The molecule has 0 spiro atoms. The number of carbonyl (C=O) groups excluding carboxylic acids is 1. The Morgan fingerprint density at radius 1 is 1.53 bits per heavy atom. The van der Waals surface area contributed by atoms with Crippen LogP contribution >= 0.6 is 28.1 Å². The average Bonchev–Trinajstić information content (AvgIpc) is 2.15. The normalized spacial score (nSPS) is 11.9. The Bertz CT molecular complexity index is 428. The Kier molecular flexibility index (Phi) is 5.08. The van der Waals surface area contributed by atoms with Crippen LogP contribution in [0.4, 0.5) is 5.69 Å². The first-order valence-corrected chi connectivity index (χ1v) is 6.51. The second-order valence-electron chi connectivity index (χ2n) is 3.87. The largest absolute Gasteiger partial charge is 0.393 e. The van der Waals surface area contributed by atoms with E-state index in [2.05, 4.69) is 21.2 Å². The first-order chi connectivity index (χ1) is 7.93. The Labute approximate surface area is 115 Å². The zero-order valence-corrected chi connectivity index (χ0v) is 12.2. The number of nitrogens with one attached hydrogen (secondary N) is 1. The highest BCUT2D eigenvalue weighted by atomic mass is 79.9. The van der Waals surface area contributed by atoms with Gasteiger partial charge in [0, 0.05) is 10.2 Å². The smallest absolute Gasteiger partial charge is 0.234 e. The summed E-state index contributed by atoms with van der Waals surface area (Å²) in [5, 5.41) is 2.82. The van der Waals surface area contributed by atoms with Crippen LogP contribution in [0.2, 0.25) is 0 Å². The van der Waals surface area contributed by atoms with Gasteiger partial charge >= 0.3 is 0 Å². The molecule has 0 radical (unpaired) electrons. The number of amides is 1. The zero-order chi connectivity index (χ0) is 13.0. The number of anilines is 1. The van der Waals surface area contributed by atoms with Crippen molar-refractivity contribution >= 4 is 44.7 Å². The molecule has 3 N–H and O–H groups in total. The molecule has 1 amide bonds. The molecule has 1 aromatic carbocycles. The number of nitrogens with two attached hydrogens (primary N) is 1. The van der Waals surface area contributed by atoms with Crippen molar-refractivity contribution in [1.29, 1.82) is 0 Å². The maximum absolute atomic E-state index is 11.9. The predicted molar refractivity (Wildman–Crippen MR) is 78.1 cm³/mol. The Morgan fingerprint density at radius 2 is 2.18 bits per heavy atom. The number of rotatable bonds is 4. The molecule has 0 fully saturated rings. The van der Waals surface area contributed by atoms with Crippen molar-refractivity contribution in [3.05, 3.63) is 28.2 Å². The van der Waals surface area contributed by atoms with Crippen molar-refractivity contribution < 1.29 is 4.79 Å². The minimum absolute atomic E-state index is 0.155. The zero-order valence-electron chi connectivity index (χ0n) is 9.79. The first kappa shape index (κ1) is 14.1. The number of aryl methyl sites for hydroxylation is 1. The van der Waals surface area contributed by atoms with Gasteiger partial charge in [-0.15, -0.1) is 0 Å². The Morgan fingerprint density at radius 3 is 2.65 bits per heavy atom. The fourth-order valence-electron chi connectivity index (χ4n) is 1.55. The van der Waals surface area contributed by atoms with Crippen LogP contribution in [0.1, 0.15) is 18.9 Å². The van der Waals surface area contributed by atoms with Gasteiger partial charge in [0.25, 0.3) is 0 Å². The lowest BCUT2D eigenvalue weighted by Gasteiger charge is -2.14. The van der Waals surface area contributed by atoms with Gasteiger partial charge in [0.2, 0.25) is 5.91 Å². The molecule has 17 heavy (non-hydrogen) atoms. The van der Waals surface area contributed by atoms with Gasteiger partial charge in [0.1, 0.15) is 0 Å². The van der Waals surface area contributed by atoms with Crippen LogP contribution in [0.15, 0.2) is 22.7 Å². The van der Waals surface area contributed by atoms with Crippen molar-refractivity contribution in [2.75, 3.05) is 5.32 Å². The molecule has 0 aliphatic rings. The third kappa shape index (κ3) is 4.09. The summed E-state index contributed by atoms with van der Waals surface area (Å²) in [7, 11) is 0. The number of thiocarbonyl (C=S) groups is 1. The van der Waals surface area contributed by atoms with Gasteiger partial charge in [-0.05, 0) is 37.1 Å². The summed E-state index contributed by atoms with van der Waals surface area (Å²) < 4.78 is 0.927. The van der Waals surface area contributed by atoms with E-state index in [1.54, 1.807) is 0 Å². The van der Waals surface area contributed by atoms with Crippen LogP contribution in [-0.2, 0) is 4.79 Å². The lowest BCUT2D eigenvalue weighted by atomic mass is 10.1. The molecule has 0 aromatic heterocycles.